The summed E-state index contributed by atoms with van der Waals surface area (Å²) in [6.45, 7) is 3.26. The van der Waals surface area contributed by atoms with Crippen molar-refractivity contribution in [2.75, 3.05) is 31.2 Å². The quantitative estimate of drug-likeness (QED) is 0.0977. The van der Waals surface area contributed by atoms with Crippen LogP contribution in [0.3, 0.4) is 0 Å². The fraction of sp³-hybridized carbons (Fsp3) is 0.512. The van der Waals surface area contributed by atoms with Crippen LogP contribution in [0, 0.1) is 18.8 Å². The first-order valence-electron chi connectivity index (χ1n) is 20.1. The van der Waals surface area contributed by atoms with Gasteiger partial charge >= 0.3 is 0 Å². The molecule has 5 aliphatic rings. The summed E-state index contributed by atoms with van der Waals surface area (Å²) in [4.78, 5) is 45.0. The Labute approximate surface area is 334 Å². The average Bonchev–Trinajstić information content (AvgIpc) is 3.94. The highest BCUT2D eigenvalue weighted by Gasteiger charge is 2.53. The Morgan fingerprint density at radius 2 is 1.91 bits per heavy atom. The zero-order chi connectivity index (χ0) is 40.9. The number of aryl methyl sites for hydroxylation is 1. The summed E-state index contributed by atoms with van der Waals surface area (Å²) in [5.74, 6) is 1.17. The number of amides is 1. The molecule has 15 heteroatoms. The van der Waals surface area contributed by atoms with E-state index < -0.39 is 48.8 Å². The number of carbonyl (C=O) groups is 1. The lowest BCUT2D eigenvalue weighted by molar-refractivity contribution is -0.374. The Morgan fingerprint density at radius 3 is 2.64 bits per heavy atom. The Bertz CT molecular complexity index is 2220. The lowest BCUT2D eigenvalue weighted by Gasteiger charge is -2.49. The number of ether oxygens (including phenoxy) is 1. The average molecular weight is 802 g/mol. The van der Waals surface area contributed by atoms with Gasteiger partial charge in [0.25, 0.3) is 0 Å². The molecule has 1 aromatic heterocycles. The summed E-state index contributed by atoms with van der Waals surface area (Å²) in [5.41, 5.74) is 1.64. The number of anilines is 1. The van der Waals surface area contributed by atoms with E-state index in [9.17, 15) is 40.2 Å². The van der Waals surface area contributed by atoms with Gasteiger partial charge < -0.3 is 50.0 Å². The van der Waals surface area contributed by atoms with E-state index in [2.05, 4.69) is 22.1 Å². The number of phenols is 1. The number of aliphatic hydroxyl groups excluding tert-OH is 4. The van der Waals surface area contributed by atoms with Crippen molar-refractivity contribution < 1.29 is 54.4 Å². The van der Waals surface area contributed by atoms with Crippen molar-refractivity contribution in [2.45, 2.75) is 101 Å². The second-order valence-electron chi connectivity index (χ2n) is 16.5. The molecule has 2 aromatic carbocycles. The summed E-state index contributed by atoms with van der Waals surface area (Å²) in [6.07, 6.45) is 0.947. The summed E-state index contributed by atoms with van der Waals surface area (Å²) in [5, 5.41) is 66.8. The third-order valence-electron chi connectivity index (χ3n) is 12.6. The number of rotatable bonds is 13. The first-order chi connectivity index (χ1) is 27.8. The van der Waals surface area contributed by atoms with Gasteiger partial charge in [-0.05, 0) is 80.7 Å². The number of phenolic OH excluding ortho intramolecular Hbond substituents is 1. The topological polar surface area (TPSA) is 224 Å². The van der Waals surface area contributed by atoms with Crippen molar-refractivity contribution in [1.82, 2.24) is 5.32 Å². The fourth-order valence-corrected chi connectivity index (χ4v) is 9.58. The third kappa shape index (κ3) is 7.33. The molecular weight excluding hydrogens is 750 g/mol. The Balaban J connectivity index is 1.18. The van der Waals surface area contributed by atoms with Crippen LogP contribution in [0.25, 0.3) is 11.0 Å². The van der Waals surface area contributed by atoms with Gasteiger partial charge in [-0.3, -0.25) is 14.6 Å². The van der Waals surface area contributed by atoms with E-state index in [1.165, 1.54) is 30.3 Å². The SMILES string of the molecule is CCC1=C2C=CN=C2CN1c1c2c(cc3c(=O)cc(C)oc13)C[C@@H](OOC[C@@](O)(Cc1ccc(O)cc1)[C@@H](O)[C@H](O)[C@H](O)CO)[C@@]1(CCC[C@@H]([C@H]3CNC(=O)C3)C1)O2. The molecule has 0 radical (unpaired) electrons. The van der Waals surface area contributed by atoms with Crippen LogP contribution >= 0.6 is 0 Å². The molecule has 2 fully saturated rings. The van der Waals surface area contributed by atoms with Gasteiger partial charge in [-0.15, -0.1) is 0 Å². The Morgan fingerprint density at radius 1 is 1.12 bits per heavy atom. The normalized spacial score (nSPS) is 26.6. The van der Waals surface area contributed by atoms with Crippen LogP contribution in [-0.4, -0.2) is 104 Å². The number of aliphatic hydroxyl groups is 5. The standard InChI is InChI=1S/C43H51N3O12/c1-3-32-29-10-12-44-31(29)20-46(32)37-39-26(14-30-33(49)13-23(2)56-40(30)37)15-35(43(57-39)11-4-5-25(18-43)27-16-36(51)45-19-27)58-55-22-42(54,41(53)38(52)34(50)21-47)17-24-6-8-28(48)9-7-24/h6-10,12-14,25,27,34-35,38,41,47-48,50,52-54H,3-5,11,15-22H2,1-2H3,(H,45,51)/t25-,27-,34-,35-,38-,41+,42+,43+/m1/s1. The molecule has 5 heterocycles. The number of fused-ring (bicyclic) bond motifs is 3. The maximum Gasteiger partial charge on any atom is 0.220 e. The fourth-order valence-electron chi connectivity index (χ4n) is 9.58. The van der Waals surface area contributed by atoms with Crippen molar-refractivity contribution in [3.8, 4) is 11.5 Å². The first kappa shape index (κ1) is 40.2. The van der Waals surface area contributed by atoms with Gasteiger partial charge in [0, 0.05) is 54.9 Å². The smallest absolute Gasteiger partial charge is 0.220 e. The molecule has 0 bridgehead atoms. The van der Waals surface area contributed by atoms with Gasteiger partial charge in [-0.25, -0.2) is 9.78 Å². The number of benzene rings is 2. The van der Waals surface area contributed by atoms with Gasteiger partial charge in [0.15, 0.2) is 16.8 Å². The van der Waals surface area contributed by atoms with Crippen LogP contribution in [0.2, 0.25) is 0 Å². The molecule has 15 nitrogen and oxygen atoms in total. The molecule has 0 unspecified atom stereocenters. The molecule has 4 aliphatic heterocycles. The van der Waals surface area contributed by atoms with Crippen molar-refractivity contribution >= 4 is 28.3 Å². The second-order valence-corrected chi connectivity index (χ2v) is 16.5. The van der Waals surface area contributed by atoms with Crippen LogP contribution in [-0.2, 0) is 27.4 Å². The van der Waals surface area contributed by atoms with Crippen LogP contribution in [0.5, 0.6) is 11.5 Å². The van der Waals surface area contributed by atoms with E-state index in [1.54, 1.807) is 19.2 Å². The lowest BCUT2D eigenvalue weighted by atomic mass is 9.68. The molecule has 1 aliphatic carbocycles. The van der Waals surface area contributed by atoms with Crippen LogP contribution in [0.15, 0.2) is 74.1 Å². The van der Waals surface area contributed by atoms with Gasteiger partial charge in [-0.2, -0.15) is 0 Å². The molecule has 1 spiro atoms. The van der Waals surface area contributed by atoms with Crippen molar-refractivity contribution in [1.29, 1.82) is 0 Å². The second kappa shape index (κ2) is 15.9. The highest BCUT2D eigenvalue weighted by atomic mass is 17.2. The third-order valence-corrected chi connectivity index (χ3v) is 12.6. The van der Waals surface area contributed by atoms with Crippen molar-refractivity contribution in [2.24, 2.45) is 16.8 Å². The molecule has 8 rings (SSSR count). The summed E-state index contributed by atoms with van der Waals surface area (Å²) < 4.78 is 13.7. The van der Waals surface area contributed by atoms with Crippen LogP contribution in [0.4, 0.5) is 5.69 Å². The molecule has 3 aromatic rings. The highest BCUT2D eigenvalue weighted by molar-refractivity contribution is 6.13. The molecule has 7 N–H and O–H groups in total. The summed E-state index contributed by atoms with van der Waals surface area (Å²) in [7, 11) is 0. The van der Waals surface area contributed by atoms with Gasteiger partial charge in [0.1, 0.15) is 59.4 Å². The molecule has 1 amide bonds. The molecule has 1 saturated heterocycles. The number of hydrogen-bond acceptors (Lipinski definition) is 14. The molecular formula is C43H51N3O12. The summed E-state index contributed by atoms with van der Waals surface area (Å²) >= 11 is 0. The Hall–Kier alpha value is -4.61. The Kier molecular flexibility index (Phi) is 11.0. The largest absolute Gasteiger partial charge is 0.508 e. The predicted octanol–water partition coefficient (Wildman–Crippen LogP) is 2.63. The maximum atomic E-state index is 13.7. The zero-order valence-corrected chi connectivity index (χ0v) is 32.6. The van der Waals surface area contributed by atoms with Crippen LogP contribution < -0.4 is 20.4 Å². The number of hydrogen-bond donors (Lipinski definition) is 7. The highest BCUT2D eigenvalue weighted by Crippen LogP contribution is 2.53. The number of aromatic hydroxyl groups is 1. The van der Waals surface area contributed by atoms with E-state index >= 15 is 0 Å². The molecule has 58 heavy (non-hydrogen) atoms. The van der Waals surface area contributed by atoms with E-state index in [0.717, 1.165) is 29.8 Å². The van der Waals surface area contributed by atoms with E-state index in [4.69, 9.17) is 18.9 Å². The maximum absolute atomic E-state index is 13.7. The van der Waals surface area contributed by atoms with Crippen molar-refractivity contribution in [3.05, 3.63) is 87.1 Å². The number of allylic oxidation sites excluding steroid dienone is 2. The number of aliphatic imine (C=N–C) groups is 1. The van der Waals surface area contributed by atoms with Crippen molar-refractivity contribution in [3.63, 3.8) is 0 Å². The minimum absolute atomic E-state index is 0.00599. The number of nitrogens with one attached hydrogen (secondary N) is 1. The van der Waals surface area contributed by atoms with E-state index in [1.807, 2.05) is 6.08 Å². The number of carbonyl (C=O) groups excluding carboxylic acids is 1. The van der Waals surface area contributed by atoms with E-state index in [0.29, 0.717) is 78.1 Å². The minimum atomic E-state index is -2.26. The molecule has 1 saturated carbocycles. The molecule has 310 valence electrons. The van der Waals surface area contributed by atoms with Gasteiger partial charge in [0.05, 0.1) is 24.2 Å². The number of nitrogens with zero attached hydrogens (tertiary/aromatic N) is 2. The van der Waals surface area contributed by atoms with Crippen LogP contribution in [0.1, 0.15) is 62.3 Å². The van der Waals surface area contributed by atoms with Gasteiger partial charge in [0.2, 0.25) is 5.91 Å². The summed E-state index contributed by atoms with van der Waals surface area (Å²) in [6, 6.07) is 9.11. The van der Waals surface area contributed by atoms with E-state index in [-0.39, 0.29) is 41.8 Å². The predicted molar refractivity (Wildman–Crippen MR) is 211 cm³/mol. The first-order valence-corrected chi connectivity index (χ1v) is 20.1. The molecule has 8 atom stereocenters. The minimum Gasteiger partial charge on any atom is -0.508 e. The lowest BCUT2D eigenvalue weighted by Crippen LogP contribution is -2.58. The van der Waals surface area contributed by atoms with Gasteiger partial charge in [-0.1, -0.05) is 19.1 Å². The monoisotopic (exact) mass is 801 g/mol. The zero-order valence-electron chi connectivity index (χ0n) is 32.6.